The second-order valence-electron chi connectivity index (χ2n) is 5.97. The second-order valence-corrected chi connectivity index (χ2v) is 5.97. The van der Waals surface area contributed by atoms with E-state index < -0.39 is 5.97 Å². The first-order valence-corrected chi connectivity index (χ1v) is 8.26. The van der Waals surface area contributed by atoms with Gasteiger partial charge in [-0.1, -0.05) is 0 Å². The van der Waals surface area contributed by atoms with Gasteiger partial charge in [-0.15, -0.1) is 0 Å². The lowest BCUT2D eigenvalue weighted by Crippen LogP contribution is -2.26. The number of aromatic nitrogens is 1. The molecular formula is C17H26N2O4. The van der Waals surface area contributed by atoms with Crippen molar-refractivity contribution in [2.75, 3.05) is 26.4 Å². The molecule has 6 nitrogen and oxygen atoms in total. The first kappa shape index (κ1) is 17.5. The fourth-order valence-electron chi connectivity index (χ4n) is 2.49. The lowest BCUT2D eigenvalue weighted by atomic mass is 10.1. The third kappa shape index (κ3) is 4.82. The Morgan fingerprint density at radius 1 is 1.30 bits per heavy atom. The monoisotopic (exact) mass is 322 g/mol. The maximum atomic E-state index is 12.2. The fraction of sp³-hybridized carbons (Fsp3) is 0.647. The van der Waals surface area contributed by atoms with Crippen LogP contribution in [-0.4, -0.2) is 43.2 Å². The summed E-state index contributed by atoms with van der Waals surface area (Å²) in [6, 6.07) is 0. The van der Waals surface area contributed by atoms with Gasteiger partial charge < -0.3 is 19.8 Å². The highest BCUT2D eigenvalue weighted by Crippen LogP contribution is 2.28. The smallest absolute Gasteiger partial charge is 0.340 e. The zero-order valence-electron chi connectivity index (χ0n) is 14.2. The van der Waals surface area contributed by atoms with Crippen LogP contribution in [0, 0.1) is 19.8 Å². The number of nitrogens with one attached hydrogen (secondary N) is 2. The van der Waals surface area contributed by atoms with Crippen LogP contribution in [0.3, 0.4) is 0 Å². The zero-order valence-corrected chi connectivity index (χ0v) is 14.2. The number of hydrogen-bond acceptors (Lipinski definition) is 4. The topological polar surface area (TPSA) is 80.4 Å². The van der Waals surface area contributed by atoms with Crippen LogP contribution in [0.25, 0.3) is 0 Å². The van der Waals surface area contributed by atoms with Crippen LogP contribution in [0.4, 0.5) is 0 Å². The van der Waals surface area contributed by atoms with Gasteiger partial charge in [-0.3, -0.25) is 4.79 Å². The number of aryl methyl sites for hydroxylation is 1. The molecule has 128 valence electrons. The Morgan fingerprint density at radius 3 is 2.70 bits per heavy atom. The van der Waals surface area contributed by atoms with Gasteiger partial charge in [0.05, 0.1) is 12.2 Å². The predicted octanol–water partition coefficient (Wildman–Crippen LogP) is 2.35. The molecule has 0 bridgehead atoms. The fourth-order valence-corrected chi connectivity index (χ4v) is 2.49. The van der Waals surface area contributed by atoms with Crippen molar-refractivity contribution in [3.63, 3.8) is 0 Å². The van der Waals surface area contributed by atoms with Crippen molar-refractivity contribution < 1.29 is 19.1 Å². The highest BCUT2D eigenvalue weighted by molar-refractivity contribution is 6.00. The Hall–Kier alpha value is -1.82. The summed E-state index contributed by atoms with van der Waals surface area (Å²) in [6.45, 7) is 7.64. The quantitative estimate of drug-likeness (QED) is 0.540. The lowest BCUT2D eigenvalue weighted by molar-refractivity contribution is 0.0525. The van der Waals surface area contributed by atoms with E-state index in [0.717, 1.165) is 18.9 Å². The molecule has 1 aliphatic rings. The molecule has 0 radical (unpaired) electrons. The van der Waals surface area contributed by atoms with Gasteiger partial charge in [0.2, 0.25) is 0 Å². The van der Waals surface area contributed by atoms with Crippen molar-refractivity contribution in [1.82, 2.24) is 10.3 Å². The maximum absolute atomic E-state index is 12.2. The van der Waals surface area contributed by atoms with Crippen LogP contribution < -0.4 is 5.32 Å². The molecule has 0 atom stereocenters. The van der Waals surface area contributed by atoms with E-state index in [0.29, 0.717) is 42.3 Å². The molecule has 23 heavy (non-hydrogen) atoms. The number of ether oxygens (including phenoxy) is 2. The van der Waals surface area contributed by atoms with Gasteiger partial charge in [0.25, 0.3) is 5.91 Å². The molecular weight excluding hydrogens is 296 g/mol. The van der Waals surface area contributed by atoms with E-state index in [1.54, 1.807) is 20.8 Å². The summed E-state index contributed by atoms with van der Waals surface area (Å²) in [4.78, 5) is 27.1. The first-order valence-electron chi connectivity index (χ1n) is 8.26. The van der Waals surface area contributed by atoms with E-state index in [4.69, 9.17) is 9.47 Å². The van der Waals surface area contributed by atoms with Crippen LogP contribution >= 0.6 is 0 Å². The Balaban J connectivity index is 1.81. The van der Waals surface area contributed by atoms with E-state index in [1.807, 2.05) is 0 Å². The molecule has 1 heterocycles. The molecule has 1 aromatic heterocycles. The highest BCUT2D eigenvalue weighted by Gasteiger charge is 2.23. The lowest BCUT2D eigenvalue weighted by Gasteiger charge is -2.06. The first-order chi connectivity index (χ1) is 11.0. The molecule has 1 amide bonds. The molecule has 0 aromatic carbocycles. The molecule has 1 aromatic rings. The third-order valence-electron chi connectivity index (χ3n) is 3.95. The number of H-pyrrole nitrogens is 1. The van der Waals surface area contributed by atoms with Gasteiger partial charge in [-0.2, -0.15) is 0 Å². The standard InChI is InChI=1S/C17H26N2O4/c1-4-23-17(21)14-11(2)15(19-12(14)3)16(20)18-8-5-9-22-10-13-6-7-13/h13,19H,4-10H2,1-3H3,(H,18,20). The van der Waals surface area contributed by atoms with Crippen molar-refractivity contribution in [3.8, 4) is 0 Å². The Kier molecular flexibility index (Phi) is 6.21. The summed E-state index contributed by atoms with van der Waals surface area (Å²) < 4.78 is 10.6. The number of carbonyl (C=O) groups excluding carboxylic acids is 2. The predicted molar refractivity (Wildman–Crippen MR) is 86.7 cm³/mol. The second kappa shape index (κ2) is 8.15. The van der Waals surface area contributed by atoms with Crippen molar-refractivity contribution in [3.05, 3.63) is 22.5 Å². The summed E-state index contributed by atoms with van der Waals surface area (Å²) in [5.41, 5.74) is 2.15. The molecule has 0 aliphatic heterocycles. The molecule has 0 spiro atoms. The highest BCUT2D eigenvalue weighted by atomic mass is 16.5. The average molecular weight is 322 g/mol. The Bertz CT molecular complexity index is 561. The summed E-state index contributed by atoms with van der Waals surface area (Å²) in [6.07, 6.45) is 3.35. The van der Waals surface area contributed by atoms with Crippen LogP contribution in [0.2, 0.25) is 0 Å². The molecule has 2 rings (SSSR count). The maximum Gasteiger partial charge on any atom is 0.340 e. The number of hydrogen-bond donors (Lipinski definition) is 2. The van der Waals surface area contributed by atoms with Crippen molar-refractivity contribution in [1.29, 1.82) is 0 Å². The van der Waals surface area contributed by atoms with Gasteiger partial charge in [0.1, 0.15) is 5.69 Å². The van der Waals surface area contributed by atoms with E-state index in [2.05, 4.69) is 10.3 Å². The van der Waals surface area contributed by atoms with Crippen LogP contribution in [0.5, 0.6) is 0 Å². The number of rotatable bonds is 9. The molecule has 1 saturated carbocycles. The van der Waals surface area contributed by atoms with Crippen molar-refractivity contribution >= 4 is 11.9 Å². The molecule has 6 heteroatoms. The summed E-state index contributed by atoms with van der Waals surface area (Å²) in [7, 11) is 0. The van der Waals surface area contributed by atoms with E-state index >= 15 is 0 Å². The molecule has 0 unspecified atom stereocenters. The van der Waals surface area contributed by atoms with Crippen LogP contribution in [-0.2, 0) is 9.47 Å². The van der Waals surface area contributed by atoms with Crippen molar-refractivity contribution in [2.45, 2.75) is 40.0 Å². The van der Waals surface area contributed by atoms with E-state index in [9.17, 15) is 9.59 Å². The van der Waals surface area contributed by atoms with Gasteiger partial charge in [-0.25, -0.2) is 4.79 Å². The Labute approximate surface area is 136 Å². The van der Waals surface area contributed by atoms with Gasteiger partial charge in [0.15, 0.2) is 0 Å². The summed E-state index contributed by atoms with van der Waals surface area (Å²) in [5, 5.41) is 2.85. The zero-order chi connectivity index (χ0) is 16.8. The van der Waals surface area contributed by atoms with Crippen molar-refractivity contribution in [2.24, 2.45) is 5.92 Å². The number of esters is 1. The minimum absolute atomic E-state index is 0.205. The van der Waals surface area contributed by atoms with Gasteiger partial charge >= 0.3 is 5.97 Å². The van der Waals surface area contributed by atoms with Gasteiger partial charge in [0, 0.05) is 25.5 Å². The SMILES string of the molecule is CCOC(=O)c1c(C)[nH]c(C(=O)NCCCOCC2CC2)c1C. The third-order valence-corrected chi connectivity index (χ3v) is 3.95. The number of amides is 1. The van der Waals surface area contributed by atoms with E-state index in [1.165, 1.54) is 12.8 Å². The molecule has 1 fully saturated rings. The van der Waals surface area contributed by atoms with E-state index in [-0.39, 0.29) is 5.91 Å². The molecule has 1 aliphatic carbocycles. The number of aromatic amines is 1. The molecule has 2 N–H and O–H groups in total. The number of carbonyl (C=O) groups is 2. The average Bonchev–Trinajstić information content (AvgIpc) is 3.27. The van der Waals surface area contributed by atoms with Gasteiger partial charge in [-0.05, 0) is 51.5 Å². The normalized spacial score (nSPS) is 13.9. The largest absolute Gasteiger partial charge is 0.462 e. The van der Waals surface area contributed by atoms with Crippen LogP contribution in [0.15, 0.2) is 0 Å². The van der Waals surface area contributed by atoms with Crippen LogP contribution in [0.1, 0.15) is 58.3 Å². The summed E-state index contributed by atoms with van der Waals surface area (Å²) in [5.74, 6) is 0.157. The summed E-state index contributed by atoms with van der Waals surface area (Å²) >= 11 is 0. The minimum Gasteiger partial charge on any atom is -0.462 e. The minimum atomic E-state index is -0.397. The molecule has 0 saturated heterocycles. The Morgan fingerprint density at radius 2 is 2.04 bits per heavy atom.